The van der Waals surface area contributed by atoms with E-state index < -0.39 is 17.2 Å². The number of methoxy groups -OCH3 is 1. The minimum Gasteiger partial charge on any atom is -0.437 e. The third-order valence-electron chi connectivity index (χ3n) is 7.50. The molecule has 0 radical (unpaired) electrons. The zero-order valence-corrected chi connectivity index (χ0v) is 19.3. The van der Waals surface area contributed by atoms with Gasteiger partial charge in [0.2, 0.25) is 0 Å². The van der Waals surface area contributed by atoms with Crippen molar-refractivity contribution in [3.05, 3.63) is 82.9 Å². The van der Waals surface area contributed by atoms with E-state index in [9.17, 15) is 14.3 Å². The third kappa shape index (κ3) is 3.70. The second-order valence-electron chi connectivity index (χ2n) is 9.32. The van der Waals surface area contributed by atoms with Gasteiger partial charge in [0.05, 0.1) is 30.3 Å². The van der Waals surface area contributed by atoms with Gasteiger partial charge < -0.3 is 14.6 Å². The number of ether oxygens (including phenoxy) is 2. The first-order valence-electron chi connectivity index (χ1n) is 11.4. The fraction of sp³-hybridized carbons (Fsp3) is 0.333. The van der Waals surface area contributed by atoms with Gasteiger partial charge in [-0.2, -0.15) is 5.10 Å². The van der Waals surface area contributed by atoms with Crippen molar-refractivity contribution in [3.8, 4) is 11.4 Å². The Morgan fingerprint density at radius 2 is 1.97 bits per heavy atom. The monoisotopic (exact) mass is 462 g/mol. The zero-order valence-electron chi connectivity index (χ0n) is 19.3. The Morgan fingerprint density at radius 3 is 2.74 bits per heavy atom. The molecule has 0 bridgehead atoms. The molecule has 0 saturated heterocycles. The molecule has 1 N–H and O–H groups in total. The van der Waals surface area contributed by atoms with Gasteiger partial charge in [-0.25, -0.2) is 13.9 Å². The number of aryl methyl sites for hydroxylation is 1. The number of benzene rings is 2. The summed E-state index contributed by atoms with van der Waals surface area (Å²) in [6, 6.07) is 13.6. The minimum absolute atomic E-state index is 0.282. The molecular weight excluding hydrogens is 435 g/mol. The molecule has 2 aromatic carbocycles. The van der Waals surface area contributed by atoms with Gasteiger partial charge in [-0.1, -0.05) is 30.7 Å². The molecule has 5 rings (SSSR count). The van der Waals surface area contributed by atoms with Crippen molar-refractivity contribution in [1.82, 2.24) is 9.78 Å². The van der Waals surface area contributed by atoms with E-state index in [4.69, 9.17) is 4.74 Å². The van der Waals surface area contributed by atoms with Gasteiger partial charge >= 0.3 is 6.16 Å². The number of hydrogen-bond acceptors (Lipinski definition) is 5. The van der Waals surface area contributed by atoms with Crippen LogP contribution in [0.2, 0.25) is 0 Å². The highest BCUT2D eigenvalue weighted by molar-refractivity contribution is 5.64. The van der Waals surface area contributed by atoms with E-state index in [1.54, 1.807) is 24.3 Å². The lowest BCUT2D eigenvalue weighted by Crippen LogP contribution is -2.45. The Kier molecular flexibility index (Phi) is 5.52. The Labute approximate surface area is 197 Å². The highest BCUT2D eigenvalue weighted by Gasteiger charge is 2.54. The molecule has 6 nitrogen and oxygen atoms in total. The number of carbonyl (C=O) groups excluding carboxylic acids is 1. The summed E-state index contributed by atoms with van der Waals surface area (Å²) < 4.78 is 25.1. The molecule has 1 fully saturated rings. The summed E-state index contributed by atoms with van der Waals surface area (Å²) in [6.45, 7) is 2.13. The summed E-state index contributed by atoms with van der Waals surface area (Å²) >= 11 is 0. The van der Waals surface area contributed by atoms with Crippen LogP contribution in [0.3, 0.4) is 0 Å². The van der Waals surface area contributed by atoms with Crippen LogP contribution in [-0.2, 0) is 17.6 Å². The molecule has 176 valence electrons. The van der Waals surface area contributed by atoms with Crippen LogP contribution in [-0.4, -0.2) is 33.8 Å². The predicted octanol–water partition coefficient (Wildman–Crippen LogP) is 5.26. The van der Waals surface area contributed by atoms with E-state index in [0.717, 1.165) is 28.9 Å². The summed E-state index contributed by atoms with van der Waals surface area (Å²) in [7, 11) is 1.27. The maximum atomic E-state index is 13.4. The van der Waals surface area contributed by atoms with Crippen LogP contribution in [0.25, 0.3) is 11.8 Å². The van der Waals surface area contributed by atoms with E-state index in [1.807, 2.05) is 23.0 Å². The molecular formula is C27H27FN2O4. The molecule has 0 spiro atoms. The zero-order chi connectivity index (χ0) is 23.9. The number of hydrogen-bond donors (Lipinski definition) is 1. The average molecular weight is 463 g/mol. The number of halogens is 1. The predicted molar refractivity (Wildman–Crippen MR) is 125 cm³/mol. The third-order valence-corrected chi connectivity index (χ3v) is 7.50. The standard InChI is InChI=1S/C27H27FN2O4/c1-26-16-19-17-29-30(22-9-7-21(28)8-10-22)23(19)15-20(26)12-14-27(26,32)13-11-18-5-3-4-6-24(18)34-25(31)33-2/h3-10,15,17,32H,11-14,16H2,1-2H3/t26-,27-/m0/s1. The van der Waals surface area contributed by atoms with Crippen molar-refractivity contribution in [2.75, 3.05) is 7.11 Å². The molecule has 2 aliphatic rings. The summed E-state index contributed by atoms with van der Waals surface area (Å²) in [6.07, 6.45) is 6.44. The first-order chi connectivity index (χ1) is 16.3. The van der Waals surface area contributed by atoms with E-state index >= 15 is 0 Å². The summed E-state index contributed by atoms with van der Waals surface area (Å²) in [5.74, 6) is 0.165. The summed E-state index contributed by atoms with van der Waals surface area (Å²) in [5, 5.41) is 16.4. The lowest BCUT2D eigenvalue weighted by atomic mass is 9.65. The maximum Gasteiger partial charge on any atom is 0.513 e. The number of nitrogens with zero attached hydrogens (tertiary/aromatic N) is 2. The largest absolute Gasteiger partial charge is 0.513 e. The first-order valence-corrected chi connectivity index (χ1v) is 11.4. The van der Waals surface area contributed by atoms with Gasteiger partial charge in [0.15, 0.2) is 0 Å². The Balaban J connectivity index is 1.39. The van der Waals surface area contributed by atoms with Gasteiger partial charge in [-0.15, -0.1) is 0 Å². The lowest BCUT2D eigenvalue weighted by Gasteiger charge is -2.42. The number of carbonyl (C=O) groups is 1. The number of aliphatic hydroxyl groups is 1. The molecule has 2 aliphatic carbocycles. The van der Waals surface area contributed by atoms with Crippen molar-refractivity contribution in [1.29, 1.82) is 0 Å². The van der Waals surface area contributed by atoms with Gasteiger partial charge in [0, 0.05) is 5.41 Å². The SMILES string of the molecule is COC(=O)Oc1ccccc1CC[C@]1(O)CCC2=Cc3c(cnn3-c3ccc(F)cc3)C[C@@]21C. The van der Waals surface area contributed by atoms with Crippen LogP contribution in [0, 0.1) is 11.2 Å². The quantitative estimate of drug-likeness (QED) is 0.414. The maximum absolute atomic E-state index is 13.4. The summed E-state index contributed by atoms with van der Waals surface area (Å²) in [5.41, 5.74) is 3.57. The second-order valence-corrected chi connectivity index (χ2v) is 9.32. The molecule has 1 aromatic heterocycles. The van der Waals surface area contributed by atoms with Crippen LogP contribution in [0.1, 0.15) is 43.0 Å². The van der Waals surface area contributed by atoms with Gasteiger partial charge in [0.25, 0.3) is 0 Å². The van der Waals surface area contributed by atoms with Crippen molar-refractivity contribution in [2.45, 2.75) is 44.6 Å². The van der Waals surface area contributed by atoms with E-state index in [0.29, 0.717) is 31.4 Å². The van der Waals surface area contributed by atoms with E-state index in [2.05, 4.69) is 22.8 Å². The topological polar surface area (TPSA) is 73.6 Å². The molecule has 1 heterocycles. The van der Waals surface area contributed by atoms with Crippen LogP contribution in [0.15, 0.2) is 60.3 Å². The molecule has 0 aliphatic heterocycles. The van der Waals surface area contributed by atoms with Crippen molar-refractivity contribution < 1.29 is 23.8 Å². The number of rotatable bonds is 5. The van der Waals surface area contributed by atoms with Crippen LogP contribution < -0.4 is 4.74 Å². The molecule has 3 aromatic rings. The lowest BCUT2D eigenvalue weighted by molar-refractivity contribution is -0.0462. The minimum atomic E-state index is -0.910. The first kappa shape index (κ1) is 22.3. The molecule has 0 unspecified atom stereocenters. The van der Waals surface area contributed by atoms with Crippen molar-refractivity contribution >= 4 is 12.2 Å². The van der Waals surface area contributed by atoms with E-state index in [-0.39, 0.29) is 5.82 Å². The van der Waals surface area contributed by atoms with Gasteiger partial charge in [0.1, 0.15) is 11.6 Å². The molecule has 1 saturated carbocycles. The van der Waals surface area contributed by atoms with Crippen LogP contribution in [0.4, 0.5) is 9.18 Å². The molecule has 34 heavy (non-hydrogen) atoms. The fourth-order valence-electron chi connectivity index (χ4n) is 5.40. The highest BCUT2D eigenvalue weighted by Crippen LogP contribution is 2.57. The van der Waals surface area contributed by atoms with Crippen LogP contribution in [0.5, 0.6) is 5.75 Å². The highest BCUT2D eigenvalue weighted by atomic mass is 19.1. The van der Waals surface area contributed by atoms with Crippen molar-refractivity contribution in [3.63, 3.8) is 0 Å². The smallest absolute Gasteiger partial charge is 0.437 e. The van der Waals surface area contributed by atoms with Crippen molar-refractivity contribution in [2.24, 2.45) is 5.41 Å². The normalized spacial score (nSPS) is 23.1. The molecule has 0 amide bonds. The average Bonchev–Trinajstić information content (AvgIpc) is 3.35. The summed E-state index contributed by atoms with van der Waals surface area (Å²) in [4.78, 5) is 11.6. The molecule has 7 heteroatoms. The number of fused-ring (bicyclic) bond motifs is 2. The Morgan fingerprint density at radius 1 is 1.21 bits per heavy atom. The number of aromatic nitrogens is 2. The van der Waals surface area contributed by atoms with Gasteiger partial charge in [-0.3, -0.25) is 0 Å². The Bertz CT molecular complexity index is 1270. The molecule has 2 atom stereocenters. The fourth-order valence-corrected chi connectivity index (χ4v) is 5.40. The number of para-hydroxylation sites is 1. The Hall–Kier alpha value is -3.45. The van der Waals surface area contributed by atoms with Crippen LogP contribution >= 0.6 is 0 Å². The second kappa shape index (κ2) is 8.40. The van der Waals surface area contributed by atoms with Gasteiger partial charge in [-0.05, 0) is 79.6 Å². The van der Waals surface area contributed by atoms with E-state index in [1.165, 1.54) is 24.8 Å².